The molecule has 0 aliphatic rings. The molecule has 7 nitrogen and oxygen atoms in total. The highest BCUT2D eigenvalue weighted by atomic mass is 16.2. The molecular formula is C19H19N5O2. The fraction of sp³-hybridized carbons (Fsp3) is 0.105. The number of primary amides is 1. The van der Waals surface area contributed by atoms with Gasteiger partial charge in [0.15, 0.2) is 0 Å². The molecule has 0 bridgehead atoms. The van der Waals surface area contributed by atoms with Crippen molar-refractivity contribution in [2.75, 3.05) is 11.9 Å². The van der Waals surface area contributed by atoms with Crippen molar-refractivity contribution in [3.8, 4) is 5.69 Å². The second-order valence-corrected chi connectivity index (χ2v) is 5.70. The van der Waals surface area contributed by atoms with Crippen LogP contribution in [0.15, 0.2) is 67.0 Å². The summed E-state index contributed by atoms with van der Waals surface area (Å²) in [5, 5.41) is 9.65. The second-order valence-electron chi connectivity index (χ2n) is 5.70. The third-order valence-corrected chi connectivity index (χ3v) is 3.77. The number of para-hydroxylation sites is 1. The zero-order valence-corrected chi connectivity index (χ0v) is 14.1. The first-order valence-electron chi connectivity index (χ1n) is 8.15. The minimum absolute atomic E-state index is 0.175. The molecule has 0 aliphatic carbocycles. The first-order chi connectivity index (χ1) is 12.6. The number of hydrogen-bond acceptors (Lipinski definition) is 3. The van der Waals surface area contributed by atoms with Crippen molar-refractivity contribution in [2.45, 2.75) is 6.42 Å². The molecule has 0 spiro atoms. The summed E-state index contributed by atoms with van der Waals surface area (Å²) < 4.78 is 1.81. The van der Waals surface area contributed by atoms with Crippen LogP contribution in [0.1, 0.15) is 15.9 Å². The number of aromatic nitrogens is 2. The van der Waals surface area contributed by atoms with Gasteiger partial charge in [-0.3, -0.25) is 4.79 Å². The largest absolute Gasteiger partial charge is 0.352 e. The monoisotopic (exact) mass is 349 g/mol. The summed E-state index contributed by atoms with van der Waals surface area (Å²) in [6.45, 7) is 0.501. The first kappa shape index (κ1) is 17.2. The number of carbonyl (C=O) groups is 2. The maximum absolute atomic E-state index is 12.2. The number of hydrogen-bond donors (Lipinski definition) is 3. The molecule has 3 aromatic rings. The zero-order chi connectivity index (χ0) is 18.4. The molecule has 0 atom stereocenters. The van der Waals surface area contributed by atoms with Crippen LogP contribution in [0, 0.1) is 0 Å². The lowest BCUT2D eigenvalue weighted by Gasteiger charge is -2.06. The van der Waals surface area contributed by atoms with Crippen molar-refractivity contribution in [2.24, 2.45) is 5.73 Å². The van der Waals surface area contributed by atoms with Crippen molar-refractivity contribution < 1.29 is 9.59 Å². The van der Waals surface area contributed by atoms with Crippen LogP contribution in [-0.4, -0.2) is 28.3 Å². The standard InChI is InChI=1S/C19H19N5O2/c20-19(26)23-16-8-6-15(7-9-16)18(25)21-11-10-14-12-22-24(13-14)17-4-2-1-3-5-17/h1-9,12-13H,10-11H2,(H,21,25)(H3,20,23,26). The third-order valence-electron chi connectivity index (χ3n) is 3.77. The van der Waals surface area contributed by atoms with E-state index in [1.54, 1.807) is 30.5 Å². The number of nitrogens with zero attached hydrogens (tertiary/aromatic N) is 2. The average molecular weight is 349 g/mol. The highest BCUT2D eigenvalue weighted by Gasteiger charge is 2.06. The van der Waals surface area contributed by atoms with E-state index in [-0.39, 0.29) is 5.91 Å². The number of benzene rings is 2. The van der Waals surface area contributed by atoms with Crippen LogP contribution < -0.4 is 16.4 Å². The lowest BCUT2D eigenvalue weighted by atomic mass is 10.2. The molecule has 3 rings (SSSR count). The van der Waals surface area contributed by atoms with Crippen molar-refractivity contribution in [3.05, 3.63) is 78.1 Å². The maximum atomic E-state index is 12.2. The summed E-state index contributed by atoms with van der Waals surface area (Å²) in [5.74, 6) is -0.175. The van der Waals surface area contributed by atoms with Gasteiger partial charge in [-0.15, -0.1) is 0 Å². The highest BCUT2D eigenvalue weighted by molar-refractivity contribution is 5.95. The molecule has 1 heterocycles. The molecule has 26 heavy (non-hydrogen) atoms. The molecule has 0 saturated carbocycles. The number of rotatable bonds is 6. The van der Waals surface area contributed by atoms with Gasteiger partial charge in [-0.1, -0.05) is 18.2 Å². The number of anilines is 1. The minimum atomic E-state index is -0.641. The maximum Gasteiger partial charge on any atom is 0.316 e. The fourth-order valence-electron chi connectivity index (χ4n) is 2.48. The molecule has 2 aromatic carbocycles. The van der Waals surface area contributed by atoms with Gasteiger partial charge in [0.1, 0.15) is 0 Å². The van der Waals surface area contributed by atoms with Gasteiger partial charge in [0, 0.05) is 24.0 Å². The van der Waals surface area contributed by atoms with Crippen LogP contribution in [0.2, 0.25) is 0 Å². The SMILES string of the molecule is NC(=O)Nc1ccc(C(=O)NCCc2cnn(-c3ccccc3)c2)cc1. The number of urea groups is 1. The first-order valence-corrected chi connectivity index (χ1v) is 8.15. The summed E-state index contributed by atoms with van der Waals surface area (Å²) in [7, 11) is 0. The summed E-state index contributed by atoms with van der Waals surface area (Å²) in [4.78, 5) is 22.9. The summed E-state index contributed by atoms with van der Waals surface area (Å²) in [6, 6.07) is 15.7. The van der Waals surface area contributed by atoms with Gasteiger partial charge in [-0.2, -0.15) is 5.10 Å². The Balaban J connectivity index is 1.51. The normalized spacial score (nSPS) is 10.3. The molecule has 0 aliphatic heterocycles. The van der Waals surface area contributed by atoms with E-state index >= 15 is 0 Å². The Morgan fingerprint density at radius 2 is 1.77 bits per heavy atom. The molecule has 3 amide bonds. The molecule has 0 saturated heterocycles. The van der Waals surface area contributed by atoms with E-state index in [2.05, 4.69) is 15.7 Å². The lowest BCUT2D eigenvalue weighted by molar-refractivity contribution is 0.0954. The Bertz CT molecular complexity index is 888. The number of carbonyl (C=O) groups excluding carboxylic acids is 2. The summed E-state index contributed by atoms with van der Waals surface area (Å²) >= 11 is 0. The van der Waals surface area contributed by atoms with Gasteiger partial charge >= 0.3 is 6.03 Å². The zero-order valence-electron chi connectivity index (χ0n) is 14.1. The van der Waals surface area contributed by atoms with Crippen molar-refractivity contribution >= 4 is 17.6 Å². The van der Waals surface area contributed by atoms with Crippen LogP contribution in [0.3, 0.4) is 0 Å². The van der Waals surface area contributed by atoms with Crippen LogP contribution in [0.5, 0.6) is 0 Å². The Hall–Kier alpha value is -3.61. The Labute approximate surface area is 150 Å². The minimum Gasteiger partial charge on any atom is -0.352 e. The van der Waals surface area contributed by atoms with Crippen molar-refractivity contribution in [1.82, 2.24) is 15.1 Å². The van der Waals surface area contributed by atoms with Gasteiger partial charge in [0.25, 0.3) is 5.91 Å². The van der Waals surface area contributed by atoms with E-state index in [1.165, 1.54) is 0 Å². The lowest BCUT2D eigenvalue weighted by Crippen LogP contribution is -2.25. The van der Waals surface area contributed by atoms with E-state index in [9.17, 15) is 9.59 Å². The van der Waals surface area contributed by atoms with Crippen LogP contribution >= 0.6 is 0 Å². The Morgan fingerprint density at radius 3 is 2.46 bits per heavy atom. The number of nitrogens with one attached hydrogen (secondary N) is 2. The van der Waals surface area contributed by atoms with E-state index in [4.69, 9.17) is 5.73 Å². The topological polar surface area (TPSA) is 102 Å². The van der Waals surface area contributed by atoms with Crippen LogP contribution in [0.4, 0.5) is 10.5 Å². The summed E-state index contributed by atoms with van der Waals surface area (Å²) in [5.41, 5.74) is 8.13. The predicted octanol–water partition coefficient (Wildman–Crippen LogP) is 2.34. The molecular weight excluding hydrogens is 330 g/mol. The smallest absolute Gasteiger partial charge is 0.316 e. The molecule has 7 heteroatoms. The predicted molar refractivity (Wildman–Crippen MR) is 99.2 cm³/mol. The van der Waals surface area contributed by atoms with E-state index in [0.717, 1.165) is 11.3 Å². The van der Waals surface area contributed by atoms with E-state index in [1.807, 2.05) is 41.2 Å². The van der Waals surface area contributed by atoms with Gasteiger partial charge < -0.3 is 16.4 Å². The molecule has 1 aromatic heterocycles. The fourth-order valence-corrected chi connectivity index (χ4v) is 2.48. The number of amides is 3. The van der Waals surface area contributed by atoms with E-state index < -0.39 is 6.03 Å². The quantitative estimate of drug-likeness (QED) is 0.636. The van der Waals surface area contributed by atoms with Gasteiger partial charge in [0.05, 0.1) is 11.9 Å². The van der Waals surface area contributed by atoms with Gasteiger partial charge in [-0.05, 0) is 48.4 Å². The van der Waals surface area contributed by atoms with Crippen LogP contribution in [-0.2, 0) is 6.42 Å². The van der Waals surface area contributed by atoms with E-state index in [0.29, 0.717) is 24.2 Å². The van der Waals surface area contributed by atoms with Crippen molar-refractivity contribution in [1.29, 1.82) is 0 Å². The van der Waals surface area contributed by atoms with Crippen LogP contribution in [0.25, 0.3) is 5.69 Å². The second kappa shape index (κ2) is 7.98. The average Bonchev–Trinajstić information content (AvgIpc) is 3.11. The number of nitrogens with two attached hydrogens (primary N) is 1. The molecule has 0 fully saturated rings. The van der Waals surface area contributed by atoms with Gasteiger partial charge in [-0.25, -0.2) is 9.48 Å². The molecule has 0 radical (unpaired) electrons. The molecule has 0 unspecified atom stereocenters. The highest BCUT2D eigenvalue weighted by Crippen LogP contribution is 2.10. The van der Waals surface area contributed by atoms with Crippen molar-refractivity contribution in [3.63, 3.8) is 0 Å². The molecule has 132 valence electrons. The van der Waals surface area contributed by atoms with Gasteiger partial charge in [0.2, 0.25) is 0 Å². The third kappa shape index (κ3) is 4.47. The summed E-state index contributed by atoms with van der Waals surface area (Å²) in [6.07, 6.45) is 4.43. The molecule has 4 N–H and O–H groups in total. The Kier molecular flexibility index (Phi) is 5.28. The Morgan fingerprint density at radius 1 is 1.04 bits per heavy atom.